The second kappa shape index (κ2) is 12.7. The third-order valence-electron chi connectivity index (χ3n) is 6.82. The highest BCUT2D eigenvalue weighted by molar-refractivity contribution is 5.95. The van der Waals surface area contributed by atoms with Crippen LogP contribution in [0.1, 0.15) is 43.2 Å². The van der Waals surface area contributed by atoms with Gasteiger partial charge in [-0.1, -0.05) is 55.3 Å². The minimum absolute atomic E-state index is 0.0239. The lowest BCUT2D eigenvalue weighted by Crippen LogP contribution is -2.38. The number of carbonyl (C=O) groups excluding carboxylic acids is 2. The van der Waals surface area contributed by atoms with Gasteiger partial charge in [0.1, 0.15) is 0 Å². The molecule has 0 unspecified atom stereocenters. The molecule has 2 aliphatic rings. The zero-order chi connectivity index (χ0) is 23.6. The van der Waals surface area contributed by atoms with E-state index < -0.39 is 0 Å². The predicted octanol–water partition coefficient (Wildman–Crippen LogP) is 3.79. The maximum atomic E-state index is 13.4. The van der Waals surface area contributed by atoms with E-state index in [0.717, 1.165) is 81.8 Å². The van der Waals surface area contributed by atoms with Crippen LogP contribution in [0.5, 0.6) is 0 Å². The van der Waals surface area contributed by atoms with Gasteiger partial charge in [-0.3, -0.25) is 14.5 Å². The zero-order valence-electron chi connectivity index (χ0n) is 20.1. The van der Waals surface area contributed by atoms with E-state index in [2.05, 4.69) is 22.3 Å². The summed E-state index contributed by atoms with van der Waals surface area (Å²) in [6.45, 7) is 5.75. The first-order valence-electron chi connectivity index (χ1n) is 12.7. The maximum Gasteiger partial charge on any atom is 0.230 e. The summed E-state index contributed by atoms with van der Waals surface area (Å²) in [5.74, 6) is 0.323. The van der Waals surface area contributed by atoms with E-state index in [4.69, 9.17) is 4.74 Å². The van der Waals surface area contributed by atoms with Crippen LogP contribution in [0.3, 0.4) is 0 Å². The summed E-state index contributed by atoms with van der Waals surface area (Å²) in [7, 11) is 0. The first-order chi connectivity index (χ1) is 16.7. The van der Waals surface area contributed by atoms with Crippen LogP contribution in [-0.4, -0.2) is 56.1 Å². The number of morpholine rings is 1. The number of hydrogen-bond donors (Lipinski definition) is 1. The largest absolute Gasteiger partial charge is 0.379 e. The van der Waals surface area contributed by atoms with E-state index in [-0.39, 0.29) is 17.7 Å². The van der Waals surface area contributed by atoms with Crippen molar-refractivity contribution in [2.45, 2.75) is 45.1 Å². The summed E-state index contributed by atoms with van der Waals surface area (Å²) in [5, 5.41) is 3.05. The van der Waals surface area contributed by atoms with Crippen molar-refractivity contribution < 1.29 is 14.3 Å². The molecule has 1 saturated carbocycles. The number of hydrogen-bond acceptors (Lipinski definition) is 4. The Balaban J connectivity index is 1.35. The quantitative estimate of drug-likeness (QED) is 0.545. The molecule has 182 valence electrons. The van der Waals surface area contributed by atoms with Gasteiger partial charge in [-0.25, -0.2) is 0 Å². The molecule has 0 bridgehead atoms. The lowest BCUT2D eigenvalue weighted by Gasteiger charge is -2.26. The van der Waals surface area contributed by atoms with E-state index in [9.17, 15) is 9.59 Å². The molecule has 1 saturated heterocycles. The van der Waals surface area contributed by atoms with Crippen LogP contribution in [0.25, 0.3) is 0 Å². The van der Waals surface area contributed by atoms with Crippen LogP contribution >= 0.6 is 0 Å². The van der Waals surface area contributed by atoms with Crippen molar-refractivity contribution in [3.05, 3.63) is 65.7 Å². The molecule has 2 aromatic carbocycles. The minimum atomic E-state index is 0.0239. The minimum Gasteiger partial charge on any atom is -0.379 e. The van der Waals surface area contributed by atoms with Crippen molar-refractivity contribution in [3.63, 3.8) is 0 Å². The van der Waals surface area contributed by atoms with Crippen molar-refractivity contribution in [1.29, 1.82) is 0 Å². The number of amides is 2. The van der Waals surface area contributed by atoms with Gasteiger partial charge in [0.2, 0.25) is 11.8 Å². The normalized spacial score (nSPS) is 16.9. The number of ether oxygens (including phenoxy) is 1. The second-order valence-corrected chi connectivity index (χ2v) is 9.40. The van der Waals surface area contributed by atoms with Crippen molar-refractivity contribution in [3.8, 4) is 0 Å². The molecule has 6 heteroatoms. The van der Waals surface area contributed by atoms with Crippen molar-refractivity contribution in [2.24, 2.45) is 5.92 Å². The van der Waals surface area contributed by atoms with Gasteiger partial charge >= 0.3 is 0 Å². The fourth-order valence-electron chi connectivity index (χ4n) is 4.89. The molecule has 6 nitrogen and oxygen atoms in total. The van der Waals surface area contributed by atoms with Gasteiger partial charge in [0.25, 0.3) is 0 Å². The smallest absolute Gasteiger partial charge is 0.230 e. The molecule has 1 N–H and O–H groups in total. The van der Waals surface area contributed by atoms with Gasteiger partial charge in [0, 0.05) is 31.2 Å². The average molecular weight is 464 g/mol. The third-order valence-corrected chi connectivity index (χ3v) is 6.82. The Morgan fingerprint density at radius 3 is 2.47 bits per heavy atom. The van der Waals surface area contributed by atoms with E-state index >= 15 is 0 Å². The van der Waals surface area contributed by atoms with E-state index in [1.54, 1.807) is 0 Å². The van der Waals surface area contributed by atoms with Crippen LogP contribution < -0.4 is 10.2 Å². The Kier molecular flexibility index (Phi) is 9.11. The molecule has 2 aromatic rings. The van der Waals surface area contributed by atoms with Crippen LogP contribution in [0.15, 0.2) is 54.6 Å². The topological polar surface area (TPSA) is 61.9 Å². The Morgan fingerprint density at radius 2 is 1.71 bits per heavy atom. The molecule has 34 heavy (non-hydrogen) atoms. The molecule has 1 heterocycles. The van der Waals surface area contributed by atoms with Crippen LogP contribution in [-0.2, 0) is 27.3 Å². The highest BCUT2D eigenvalue weighted by Gasteiger charge is 2.28. The summed E-state index contributed by atoms with van der Waals surface area (Å²) in [6, 6.07) is 18.0. The average Bonchev–Trinajstić information content (AvgIpc) is 3.41. The van der Waals surface area contributed by atoms with Gasteiger partial charge in [0.15, 0.2) is 0 Å². The van der Waals surface area contributed by atoms with Crippen molar-refractivity contribution >= 4 is 17.5 Å². The lowest BCUT2D eigenvalue weighted by atomic mass is 10.0. The van der Waals surface area contributed by atoms with Gasteiger partial charge in [-0.15, -0.1) is 0 Å². The molecular formula is C28H37N3O3. The molecule has 0 radical (unpaired) electrons. The number of benzene rings is 2. The van der Waals surface area contributed by atoms with E-state index in [1.807, 2.05) is 47.4 Å². The monoisotopic (exact) mass is 463 g/mol. The van der Waals surface area contributed by atoms with E-state index in [1.165, 1.54) is 0 Å². The van der Waals surface area contributed by atoms with Gasteiger partial charge < -0.3 is 15.0 Å². The van der Waals surface area contributed by atoms with Gasteiger partial charge in [-0.2, -0.15) is 0 Å². The lowest BCUT2D eigenvalue weighted by molar-refractivity contribution is -0.122. The maximum absolute atomic E-state index is 13.4. The number of carbonyl (C=O) groups is 2. The molecule has 0 aromatic heterocycles. The molecule has 0 atom stereocenters. The second-order valence-electron chi connectivity index (χ2n) is 9.40. The molecule has 0 spiro atoms. The predicted molar refractivity (Wildman–Crippen MR) is 135 cm³/mol. The molecular weight excluding hydrogens is 426 g/mol. The van der Waals surface area contributed by atoms with Crippen molar-refractivity contribution in [2.75, 3.05) is 44.3 Å². The van der Waals surface area contributed by atoms with Gasteiger partial charge in [0.05, 0.1) is 26.2 Å². The summed E-state index contributed by atoms with van der Waals surface area (Å²) in [4.78, 5) is 30.3. The number of nitrogens with one attached hydrogen (secondary N) is 1. The molecule has 1 aliphatic carbocycles. The first-order valence-corrected chi connectivity index (χ1v) is 12.7. The number of rotatable bonds is 10. The SMILES string of the molecule is O=C(Cc1cccc(N(Cc2ccccc2)C(=O)C2CCCC2)c1)NCCCN1CCOCC1. The highest BCUT2D eigenvalue weighted by atomic mass is 16.5. The standard InChI is InChI=1S/C28H37N3O3/c32-27(29-14-7-15-30-16-18-34-19-17-30)21-24-10-6-13-26(20-24)31(22-23-8-2-1-3-9-23)28(33)25-11-4-5-12-25/h1-3,6,8-10,13,20,25H,4-5,7,11-12,14-19,21-22H2,(H,29,32). The highest BCUT2D eigenvalue weighted by Crippen LogP contribution is 2.30. The Morgan fingerprint density at radius 1 is 0.971 bits per heavy atom. The molecule has 1 aliphatic heterocycles. The molecule has 2 fully saturated rings. The number of anilines is 1. The summed E-state index contributed by atoms with van der Waals surface area (Å²) >= 11 is 0. The Bertz CT molecular complexity index is 922. The van der Waals surface area contributed by atoms with E-state index in [0.29, 0.717) is 19.5 Å². The third kappa shape index (κ3) is 7.15. The zero-order valence-corrected chi connectivity index (χ0v) is 20.1. The van der Waals surface area contributed by atoms with Crippen molar-refractivity contribution in [1.82, 2.24) is 10.2 Å². The molecule has 4 rings (SSSR count). The summed E-state index contributed by atoms with van der Waals surface area (Å²) in [5.41, 5.74) is 2.91. The molecule has 2 amide bonds. The number of nitrogens with zero attached hydrogens (tertiary/aromatic N) is 2. The summed E-state index contributed by atoms with van der Waals surface area (Å²) < 4.78 is 5.38. The van der Waals surface area contributed by atoms with Crippen LogP contribution in [0, 0.1) is 5.92 Å². The van der Waals surface area contributed by atoms with Crippen LogP contribution in [0.2, 0.25) is 0 Å². The Labute approximate surface area is 203 Å². The Hall–Kier alpha value is -2.70. The van der Waals surface area contributed by atoms with Gasteiger partial charge in [-0.05, 0) is 49.1 Å². The fraction of sp³-hybridized carbons (Fsp3) is 0.500. The fourth-order valence-corrected chi connectivity index (χ4v) is 4.89. The first kappa shape index (κ1) is 24.4. The summed E-state index contributed by atoms with van der Waals surface area (Å²) in [6.07, 6.45) is 5.45. The van der Waals surface area contributed by atoms with Crippen LogP contribution in [0.4, 0.5) is 5.69 Å².